The van der Waals surface area contributed by atoms with E-state index < -0.39 is 5.97 Å². The van der Waals surface area contributed by atoms with Crippen LogP contribution in [0.25, 0.3) is 0 Å². The van der Waals surface area contributed by atoms with Crippen LogP contribution in [0, 0.1) is 5.41 Å². The molecule has 2 aliphatic heterocycles. The summed E-state index contributed by atoms with van der Waals surface area (Å²) in [6.45, 7) is 4.32. The van der Waals surface area contributed by atoms with Crippen molar-refractivity contribution in [2.75, 3.05) is 31.7 Å². The number of hydrogen-bond donors (Lipinski definition) is 1. The van der Waals surface area contributed by atoms with Crippen LogP contribution in [0.3, 0.4) is 0 Å². The fraction of sp³-hybridized carbons (Fsp3) is 0.667. The van der Waals surface area contributed by atoms with Gasteiger partial charge < -0.3 is 20.1 Å². The van der Waals surface area contributed by atoms with Gasteiger partial charge in [-0.1, -0.05) is 0 Å². The number of esters is 1. The SMILES string of the molecule is COC(=O)c1nccnc1N1CCC2(CC1)CO[C@@H](C)[C@H]2N. The smallest absolute Gasteiger partial charge is 0.360 e. The summed E-state index contributed by atoms with van der Waals surface area (Å²) in [7, 11) is 1.35. The molecule has 3 heterocycles. The van der Waals surface area contributed by atoms with Crippen LogP contribution in [0.2, 0.25) is 0 Å². The summed E-state index contributed by atoms with van der Waals surface area (Å²) in [6.07, 6.45) is 5.06. The number of carbonyl (C=O) groups excluding carboxylic acids is 1. The summed E-state index contributed by atoms with van der Waals surface area (Å²) < 4.78 is 10.5. The molecule has 1 aromatic heterocycles. The number of nitrogens with two attached hydrogens (primary N) is 1. The molecule has 2 N–H and O–H groups in total. The predicted octanol–water partition coefficient (Wildman–Crippen LogP) is 0.596. The molecule has 0 radical (unpaired) electrons. The lowest BCUT2D eigenvalue weighted by atomic mass is 9.73. The highest BCUT2D eigenvalue weighted by Gasteiger charge is 2.47. The molecule has 120 valence electrons. The minimum Gasteiger partial charge on any atom is -0.464 e. The molecular weight excluding hydrogens is 284 g/mol. The molecular formula is C15H22N4O3. The number of carbonyl (C=O) groups is 1. The Morgan fingerprint density at radius 3 is 2.68 bits per heavy atom. The van der Waals surface area contributed by atoms with Gasteiger partial charge in [0.15, 0.2) is 11.5 Å². The summed E-state index contributed by atoms with van der Waals surface area (Å²) >= 11 is 0. The molecule has 0 saturated carbocycles. The molecule has 7 nitrogen and oxygen atoms in total. The number of ether oxygens (including phenoxy) is 2. The Labute approximate surface area is 129 Å². The van der Waals surface area contributed by atoms with E-state index in [0.29, 0.717) is 12.4 Å². The van der Waals surface area contributed by atoms with Gasteiger partial charge in [-0.2, -0.15) is 0 Å². The number of piperidine rings is 1. The maximum absolute atomic E-state index is 11.8. The molecule has 3 rings (SSSR count). The fourth-order valence-electron chi connectivity index (χ4n) is 3.44. The largest absolute Gasteiger partial charge is 0.464 e. The lowest BCUT2D eigenvalue weighted by molar-refractivity contribution is 0.0593. The number of hydrogen-bond acceptors (Lipinski definition) is 7. The molecule has 1 spiro atoms. The van der Waals surface area contributed by atoms with Crippen LogP contribution in [0.1, 0.15) is 30.3 Å². The zero-order valence-corrected chi connectivity index (χ0v) is 13.0. The van der Waals surface area contributed by atoms with Gasteiger partial charge in [-0.25, -0.2) is 14.8 Å². The Kier molecular flexibility index (Phi) is 4.01. The Morgan fingerprint density at radius 1 is 1.41 bits per heavy atom. The van der Waals surface area contributed by atoms with E-state index in [1.165, 1.54) is 13.3 Å². The second kappa shape index (κ2) is 5.81. The summed E-state index contributed by atoms with van der Waals surface area (Å²) in [5.74, 6) is 0.127. The molecule has 0 bridgehead atoms. The zero-order chi connectivity index (χ0) is 15.7. The highest BCUT2D eigenvalue weighted by atomic mass is 16.5. The first kappa shape index (κ1) is 15.2. The fourth-order valence-corrected chi connectivity index (χ4v) is 3.44. The van der Waals surface area contributed by atoms with Crippen molar-refractivity contribution in [1.82, 2.24) is 9.97 Å². The maximum atomic E-state index is 11.8. The standard InChI is InChI=1S/C15H22N4O3/c1-10-12(16)15(9-22-10)3-7-19(8-4-15)13-11(14(20)21-2)17-5-6-18-13/h5-6,10,12H,3-4,7-9,16H2,1-2H3/t10-,12+/m0/s1. The zero-order valence-electron chi connectivity index (χ0n) is 13.0. The van der Waals surface area contributed by atoms with Gasteiger partial charge in [0.1, 0.15) is 0 Å². The van der Waals surface area contributed by atoms with Gasteiger partial charge >= 0.3 is 5.97 Å². The molecule has 0 amide bonds. The number of methoxy groups -OCH3 is 1. The van der Waals surface area contributed by atoms with Crippen molar-refractivity contribution >= 4 is 11.8 Å². The molecule has 7 heteroatoms. The lowest BCUT2D eigenvalue weighted by Gasteiger charge is -2.41. The van der Waals surface area contributed by atoms with E-state index in [1.54, 1.807) is 6.20 Å². The van der Waals surface area contributed by atoms with Gasteiger partial charge in [0.2, 0.25) is 0 Å². The molecule has 1 aromatic rings. The van der Waals surface area contributed by atoms with Crippen molar-refractivity contribution in [3.8, 4) is 0 Å². The molecule has 0 aliphatic carbocycles. The van der Waals surface area contributed by atoms with Crippen LogP contribution >= 0.6 is 0 Å². The summed E-state index contributed by atoms with van der Waals surface area (Å²) in [5.41, 5.74) is 6.64. The summed E-state index contributed by atoms with van der Waals surface area (Å²) in [4.78, 5) is 22.3. The number of aromatic nitrogens is 2. The van der Waals surface area contributed by atoms with Gasteiger partial charge in [0.25, 0.3) is 0 Å². The van der Waals surface area contributed by atoms with Crippen molar-refractivity contribution in [3.63, 3.8) is 0 Å². The Hall–Kier alpha value is -1.73. The number of rotatable bonds is 2. The van der Waals surface area contributed by atoms with Crippen LogP contribution in [0.4, 0.5) is 5.82 Å². The molecule has 0 aromatic carbocycles. The van der Waals surface area contributed by atoms with Crippen LogP contribution in [0.5, 0.6) is 0 Å². The lowest BCUT2D eigenvalue weighted by Crippen LogP contribution is -2.51. The normalized spacial score (nSPS) is 27.1. The Balaban J connectivity index is 1.76. The van der Waals surface area contributed by atoms with Gasteiger partial charge in [0, 0.05) is 36.9 Å². The molecule has 2 saturated heterocycles. The second-order valence-corrected chi connectivity index (χ2v) is 6.11. The molecule has 22 heavy (non-hydrogen) atoms. The average Bonchev–Trinajstić information content (AvgIpc) is 2.84. The first-order valence-electron chi connectivity index (χ1n) is 7.59. The minimum atomic E-state index is -0.460. The van der Waals surface area contributed by atoms with Gasteiger partial charge in [-0.15, -0.1) is 0 Å². The third-order valence-corrected chi connectivity index (χ3v) is 4.96. The van der Waals surface area contributed by atoms with E-state index in [0.717, 1.165) is 25.9 Å². The van der Waals surface area contributed by atoms with E-state index in [4.69, 9.17) is 15.2 Å². The van der Waals surface area contributed by atoms with Crippen molar-refractivity contribution in [1.29, 1.82) is 0 Å². The van der Waals surface area contributed by atoms with Crippen LogP contribution in [-0.2, 0) is 9.47 Å². The van der Waals surface area contributed by atoms with Crippen molar-refractivity contribution in [3.05, 3.63) is 18.1 Å². The third-order valence-electron chi connectivity index (χ3n) is 4.96. The van der Waals surface area contributed by atoms with E-state index >= 15 is 0 Å². The predicted molar refractivity (Wildman–Crippen MR) is 80.6 cm³/mol. The van der Waals surface area contributed by atoms with E-state index in [-0.39, 0.29) is 23.3 Å². The minimum absolute atomic E-state index is 0.0452. The highest BCUT2D eigenvalue weighted by molar-refractivity contribution is 5.92. The Morgan fingerprint density at radius 2 is 2.09 bits per heavy atom. The van der Waals surface area contributed by atoms with Crippen molar-refractivity contribution in [2.24, 2.45) is 11.1 Å². The molecule has 2 aliphatic rings. The first-order valence-corrected chi connectivity index (χ1v) is 7.59. The number of anilines is 1. The van der Waals surface area contributed by atoms with E-state index in [2.05, 4.69) is 14.9 Å². The molecule has 2 atom stereocenters. The van der Waals surface area contributed by atoms with Crippen LogP contribution in [0.15, 0.2) is 12.4 Å². The van der Waals surface area contributed by atoms with Gasteiger partial charge in [0.05, 0.1) is 19.8 Å². The van der Waals surface area contributed by atoms with Crippen molar-refractivity contribution in [2.45, 2.75) is 31.9 Å². The molecule has 2 fully saturated rings. The van der Waals surface area contributed by atoms with E-state index in [9.17, 15) is 4.79 Å². The topological polar surface area (TPSA) is 90.6 Å². The monoisotopic (exact) mass is 306 g/mol. The maximum Gasteiger partial charge on any atom is 0.360 e. The van der Waals surface area contributed by atoms with Gasteiger partial charge in [-0.05, 0) is 19.8 Å². The summed E-state index contributed by atoms with van der Waals surface area (Å²) in [5, 5.41) is 0. The summed E-state index contributed by atoms with van der Waals surface area (Å²) in [6, 6.07) is 0.0663. The average molecular weight is 306 g/mol. The second-order valence-electron chi connectivity index (χ2n) is 6.11. The third kappa shape index (κ3) is 2.44. The molecule has 0 unspecified atom stereocenters. The quantitative estimate of drug-likeness (QED) is 0.800. The Bertz CT molecular complexity index is 557. The van der Waals surface area contributed by atoms with Crippen molar-refractivity contribution < 1.29 is 14.3 Å². The first-order chi connectivity index (χ1) is 10.6. The van der Waals surface area contributed by atoms with Crippen LogP contribution in [-0.4, -0.2) is 54.9 Å². The van der Waals surface area contributed by atoms with Crippen LogP contribution < -0.4 is 10.6 Å². The highest BCUT2D eigenvalue weighted by Crippen LogP contribution is 2.41. The van der Waals surface area contributed by atoms with E-state index in [1.807, 2.05) is 6.92 Å². The van der Waals surface area contributed by atoms with Gasteiger partial charge in [-0.3, -0.25) is 0 Å². The number of nitrogens with zero attached hydrogens (tertiary/aromatic N) is 3.